The van der Waals surface area contributed by atoms with Crippen molar-refractivity contribution >= 4 is 17.5 Å². The standard InChI is InChI=1S/C9H13ClN2O/c1-6(10)3-12-9(13)7(2)8-4-11-5-8/h11H,1,3-5H2,2H3,(H,12,13). The Hall–Kier alpha value is -0.800. The van der Waals surface area contributed by atoms with Crippen molar-refractivity contribution in [1.82, 2.24) is 10.6 Å². The number of carbonyl (C=O) groups excluding carboxylic acids is 1. The van der Waals surface area contributed by atoms with E-state index in [0.29, 0.717) is 11.6 Å². The van der Waals surface area contributed by atoms with Crippen molar-refractivity contribution in [2.24, 2.45) is 0 Å². The third-order valence-corrected chi connectivity index (χ3v) is 2.12. The van der Waals surface area contributed by atoms with Gasteiger partial charge in [-0.2, -0.15) is 0 Å². The van der Waals surface area contributed by atoms with Crippen LogP contribution in [0.3, 0.4) is 0 Å². The molecule has 0 saturated carbocycles. The third kappa shape index (κ3) is 2.86. The highest BCUT2D eigenvalue weighted by molar-refractivity contribution is 6.29. The molecule has 1 saturated heterocycles. The molecule has 1 aliphatic rings. The van der Waals surface area contributed by atoms with Crippen molar-refractivity contribution in [1.29, 1.82) is 0 Å². The lowest BCUT2D eigenvalue weighted by molar-refractivity contribution is -0.117. The lowest BCUT2D eigenvalue weighted by atomic mass is 10.0. The van der Waals surface area contributed by atoms with Crippen LogP contribution in [-0.2, 0) is 4.79 Å². The average Bonchev–Trinajstić information content (AvgIpc) is 1.96. The number of carbonyl (C=O) groups is 1. The first kappa shape index (κ1) is 10.3. The van der Waals surface area contributed by atoms with Gasteiger partial charge in [0.25, 0.3) is 0 Å². The van der Waals surface area contributed by atoms with Gasteiger partial charge in [0, 0.05) is 23.7 Å². The Morgan fingerprint density at radius 1 is 1.69 bits per heavy atom. The predicted octanol–water partition coefficient (Wildman–Crippen LogP) is 0.775. The van der Waals surface area contributed by atoms with Crippen molar-refractivity contribution in [3.05, 3.63) is 22.8 Å². The van der Waals surface area contributed by atoms with Gasteiger partial charge in [-0.15, -0.1) is 0 Å². The molecule has 2 N–H and O–H groups in total. The molecule has 3 nitrogen and oxygen atoms in total. The number of nitrogens with one attached hydrogen (secondary N) is 2. The highest BCUT2D eigenvalue weighted by Gasteiger charge is 2.15. The normalized spacial score (nSPS) is 14.8. The molecule has 1 fully saturated rings. The molecule has 0 atom stereocenters. The lowest BCUT2D eigenvalue weighted by Crippen LogP contribution is -2.37. The number of hydrogen-bond acceptors (Lipinski definition) is 2. The summed E-state index contributed by atoms with van der Waals surface area (Å²) >= 11 is 5.52. The number of halogens is 1. The van der Waals surface area contributed by atoms with E-state index in [4.69, 9.17) is 11.6 Å². The number of hydrogen-bond donors (Lipinski definition) is 2. The van der Waals surface area contributed by atoms with Crippen LogP contribution < -0.4 is 10.6 Å². The molecule has 0 aromatic heterocycles. The number of rotatable bonds is 3. The van der Waals surface area contributed by atoms with Crippen molar-refractivity contribution in [3.8, 4) is 0 Å². The van der Waals surface area contributed by atoms with Gasteiger partial charge >= 0.3 is 0 Å². The van der Waals surface area contributed by atoms with Gasteiger partial charge in [0.2, 0.25) is 5.91 Å². The molecule has 0 aromatic rings. The summed E-state index contributed by atoms with van der Waals surface area (Å²) in [6.45, 7) is 7.28. The molecule has 0 unspecified atom stereocenters. The summed E-state index contributed by atoms with van der Waals surface area (Å²) in [6.07, 6.45) is 0. The highest BCUT2D eigenvalue weighted by atomic mass is 35.5. The molecular weight excluding hydrogens is 188 g/mol. The van der Waals surface area contributed by atoms with Crippen molar-refractivity contribution in [2.45, 2.75) is 6.92 Å². The Morgan fingerprint density at radius 2 is 2.31 bits per heavy atom. The van der Waals surface area contributed by atoms with E-state index in [2.05, 4.69) is 17.2 Å². The minimum Gasteiger partial charge on any atom is -0.347 e. The molecule has 1 amide bonds. The molecule has 0 spiro atoms. The second-order valence-corrected chi connectivity index (χ2v) is 3.57. The summed E-state index contributed by atoms with van der Waals surface area (Å²) < 4.78 is 0. The van der Waals surface area contributed by atoms with Gasteiger partial charge in [0.15, 0.2) is 0 Å². The molecule has 1 heterocycles. The Morgan fingerprint density at radius 3 is 2.69 bits per heavy atom. The highest BCUT2D eigenvalue weighted by Crippen LogP contribution is 2.08. The van der Waals surface area contributed by atoms with Crippen LogP contribution in [0, 0.1) is 0 Å². The first-order chi connectivity index (χ1) is 6.11. The molecule has 0 bridgehead atoms. The first-order valence-electron chi connectivity index (χ1n) is 4.12. The zero-order chi connectivity index (χ0) is 9.84. The van der Waals surface area contributed by atoms with Crippen LogP contribution in [0.15, 0.2) is 22.8 Å². The molecular formula is C9H13ClN2O. The van der Waals surface area contributed by atoms with Crippen LogP contribution in [-0.4, -0.2) is 25.5 Å². The van der Waals surface area contributed by atoms with E-state index in [1.165, 1.54) is 0 Å². The summed E-state index contributed by atoms with van der Waals surface area (Å²) in [4.78, 5) is 11.4. The Labute approximate surface area is 82.8 Å². The SMILES string of the molecule is C=C(Cl)CNC(=O)C(C)=C1CNC1. The van der Waals surface area contributed by atoms with Crippen LogP contribution in [0.25, 0.3) is 0 Å². The van der Waals surface area contributed by atoms with Crippen LogP contribution in [0.4, 0.5) is 0 Å². The minimum absolute atomic E-state index is 0.0571. The smallest absolute Gasteiger partial charge is 0.247 e. The second kappa shape index (κ2) is 4.44. The van der Waals surface area contributed by atoms with Gasteiger partial charge in [0.05, 0.1) is 6.54 Å². The maximum Gasteiger partial charge on any atom is 0.247 e. The second-order valence-electron chi connectivity index (χ2n) is 3.03. The number of amides is 1. The van der Waals surface area contributed by atoms with E-state index in [9.17, 15) is 4.79 Å². The summed E-state index contributed by atoms with van der Waals surface area (Å²) in [6, 6.07) is 0. The first-order valence-corrected chi connectivity index (χ1v) is 4.50. The Kier molecular flexibility index (Phi) is 3.51. The average molecular weight is 201 g/mol. The topological polar surface area (TPSA) is 41.1 Å². The maximum absolute atomic E-state index is 11.4. The monoisotopic (exact) mass is 200 g/mol. The molecule has 4 heteroatoms. The van der Waals surface area contributed by atoms with E-state index in [1.807, 2.05) is 6.92 Å². The van der Waals surface area contributed by atoms with Gasteiger partial charge in [-0.1, -0.05) is 18.2 Å². The summed E-state index contributed by atoms with van der Waals surface area (Å²) in [5, 5.41) is 6.20. The van der Waals surface area contributed by atoms with Crippen molar-refractivity contribution in [3.63, 3.8) is 0 Å². The van der Waals surface area contributed by atoms with Gasteiger partial charge in [0.1, 0.15) is 0 Å². The lowest BCUT2D eigenvalue weighted by Gasteiger charge is -2.21. The fourth-order valence-electron chi connectivity index (χ4n) is 0.984. The van der Waals surface area contributed by atoms with E-state index >= 15 is 0 Å². The summed E-state index contributed by atoms with van der Waals surface area (Å²) in [5.74, 6) is -0.0571. The van der Waals surface area contributed by atoms with E-state index in [1.54, 1.807) is 0 Å². The van der Waals surface area contributed by atoms with Gasteiger partial charge in [-0.3, -0.25) is 4.79 Å². The molecule has 0 aliphatic carbocycles. The molecule has 0 aromatic carbocycles. The van der Waals surface area contributed by atoms with Crippen LogP contribution in [0.1, 0.15) is 6.92 Å². The predicted molar refractivity (Wildman–Crippen MR) is 53.6 cm³/mol. The molecule has 1 aliphatic heterocycles. The molecule has 72 valence electrons. The largest absolute Gasteiger partial charge is 0.347 e. The minimum atomic E-state index is -0.0571. The van der Waals surface area contributed by atoms with E-state index < -0.39 is 0 Å². The van der Waals surface area contributed by atoms with Crippen molar-refractivity contribution in [2.75, 3.05) is 19.6 Å². The van der Waals surface area contributed by atoms with Gasteiger partial charge < -0.3 is 10.6 Å². The quantitative estimate of drug-likeness (QED) is 0.661. The fraction of sp³-hybridized carbons (Fsp3) is 0.444. The molecule has 13 heavy (non-hydrogen) atoms. The summed E-state index contributed by atoms with van der Waals surface area (Å²) in [7, 11) is 0. The van der Waals surface area contributed by atoms with Crippen LogP contribution >= 0.6 is 11.6 Å². The Balaban J connectivity index is 2.43. The van der Waals surface area contributed by atoms with E-state index in [0.717, 1.165) is 24.2 Å². The Bertz CT molecular complexity index is 265. The van der Waals surface area contributed by atoms with Crippen molar-refractivity contribution < 1.29 is 4.79 Å². The third-order valence-electron chi connectivity index (χ3n) is 1.99. The molecule has 1 rings (SSSR count). The van der Waals surface area contributed by atoms with Crippen LogP contribution in [0.5, 0.6) is 0 Å². The van der Waals surface area contributed by atoms with Crippen LogP contribution in [0.2, 0.25) is 0 Å². The van der Waals surface area contributed by atoms with Gasteiger partial charge in [-0.05, 0) is 12.5 Å². The fourth-order valence-corrected chi connectivity index (χ4v) is 1.05. The van der Waals surface area contributed by atoms with Gasteiger partial charge in [-0.25, -0.2) is 0 Å². The zero-order valence-corrected chi connectivity index (χ0v) is 8.37. The summed E-state index contributed by atoms with van der Waals surface area (Å²) in [5.41, 5.74) is 1.95. The van der Waals surface area contributed by atoms with E-state index in [-0.39, 0.29) is 5.91 Å². The maximum atomic E-state index is 11.4. The zero-order valence-electron chi connectivity index (χ0n) is 7.61. The molecule has 0 radical (unpaired) electrons.